The molecule has 0 saturated heterocycles. The van der Waals surface area contributed by atoms with Crippen LogP contribution in [0.3, 0.4) is 0 Å². The van der Waals surface area contributed by atoms with Crippen LogP contribution < -0.4 is 0 Å². The summed E-state index contributed by atoms with van der Waals surface area (Å²) in [5.74, 6) is 0. The van der Waals surface area contributed by atoms with Crippen LogP contribution in [0.5, 0.6) is 0 Å². The maximum atomic E-state index is 8.96. The molecule has 0 saturated carbocycles. The van der Waals surface area contributed by atoms with Crippen LogP contribution in [0.1, 0.15) is 25.0 Å². The lowest BCUT2D eigenvalue weighted by Crippen LogP contribution is -1.90. The summed E-state index contributed by atoms with van der Waals surface area (Å²) in [6.45, 7) is 6.20. The van der Waals surface area contributed by atoms with Gasteiger partial charge in [-0.15, -0.1) is 0 Å². The van der Waals surface area contributed by atoms with Crippen molar-refractivity contribution in [3.05, 3.63) is 41.0 Å². The Morgan fingerprint density at radius 2 is 1.69 bits per heavy atom. The molecule has 0 atom stereocenters. The van der Waals surface area contributed by atoms with Gasteiger partial charge in [-0.3, -0.25) is 0 Å². The molecule has 13 heavy (non-hydrogen) atoms. The number of benzene rings is 1. The molecule has 0 aliphatic heterocycles. The van der Waals surface area contributed by atoms with Crippen LogP contribution in [0.4, 0.5) is 0 Å². The minimum atomic E-state index is 0.139. The van der Waals surface area contributed by atoms with E-state index in [1.807, 2.05) is 13.8 Å². The highest BCUT2D eigenvalue weighted by Crippen LogP contribution is 2.17. The van der Waals surface area contributed by atoms with Crippen LogP contribution in [0.2, 0.25) is 0 Å². The summed E-state index contributed by atoms with van der Waals surface area (Å²) in [4.78, 5) is 0. The maximum Gasteiger partial charge on any atom is 0.0644 e. The first-order valence-corrected chi connectivity index (χ1v) is 4.49. The lowest BCUT2D eigenvalue weighted by Gasteiger charge is -2.05. The van der Waals surface area contributed by atoms with Crippen LogP contribution in [0, 0.1) is 6.92 Å². The van der Waals surface area contributed by atoms with Gasteiger partial charge in [0.2, 0.25) is 0 Å². The highest BCUT2D eigenvalue weighted by Gasteiger charge is 1.98. The second kappa shape index (κ2) is 4.24. The van der Waals surface area contributed by atoms with Crippen molar-refractivity contribution in [1.82, 2.24) is 0 Å². The van der Waals surface area contributed by atoms with Crippen LogP contribution in [0.25, 0.3) is 5.57 Å². The second-order valence-corrected chi connectivity index (χ2v) is 3.43. The Labute approximate surface area is 79.7 Å². The van der Waals surface area contributed by atoms with E-state index in [1.165, 1.54) is 16.7 Å². The molecule has 0 spiro atoms. The van der Waals surface area contributed by atoms with Gasteiger partial charge in [0.25, 0.3) is 0 Å². The average Bonchev–Trinajstić information content (AvgIpc) is 2.17. The van der Waals surface area contributed by atoms with Gasteiger partial charge in [0, 0.05) is 0 Å². The van der Waals surface area contributed by atoms with Crippen LogP contribution >= 0.6 is 0 Å². The molecule has 0 radical (unpaired) electrons. The zero-order chi connectivity index (χ0) is 9.84. The third kappa shape index (κ3) is 2.43. The van der Waals surface area contributed by atoms with Gasteiger partial charge >= 0.3 is 0 Å². The first-order valence-electron chi connectivity index (χ1n) is 4.49. The molecule has 0 unspecified atom stereocenters. The lowest BCUT2D eigenvalue weighted by atomic mass is 10.0. The van der Waals surface area contributed by atoms with E-state index in [1.54, 1.807) is 0 Å². The normalized spacial score (nSPS) is 12.6. The van der Waals surface area contributed by atoms with Crippen LogP contribution in [-0.2, 0) is 0 Å². The Kier molecular flexibility index (Phi) is 3.26. The smallest absolute Gasteiger partial charge is 0.0644 e. The fourth-order valence-electron chi connectivity index (χ4n) is 1.17. The summed E-state index contributed by atoms with van der Waals surface area (Å²) in [5.41, 5.74) is 4.65. The minimum Gasteiger partial charge on any atom is -0.392 e. The van der Waals surface area contributed by atoms with Crippen LogP contribution in [0.15, 0.2) is 29.8 Å². The van der Waals surface area contributed by atoms with E-state index < -0.39 is 0 Å². The Morgan fingerprint density at radius 1 is 1.15 bits per heavy atom. The number of aryl methyl sites for hydroxylation is 1. The van der Waals surface area contributed by atoms with Crippen molar-refractivity contribution in [2.24, 2.45) is 0 Å². The van der Waals surface area contributed by atoms with Crippen LogP contribution in [-0.4, -0.2) is 11.7 Å². The Balaban J connectivity index is 3.02. The molecule has 0 aromatic heterocycles. The van der Waals surface area contributed by atoms with Crippen molar-refractivity contribution in [1.29, 1.82) is 0 Å². The minimum absolute atomic E-state index is 0.139. The molecular weight excluding hydrogens is 160 g/mol. The Morgan fingerprint density at radius 3 is 2.15 bits per heavy atom. The first kappa shape index (κ1) is 10.0. The molecule has 1 aromatic rings. The third-order valence-corrected chi connectivity index (χ3v) is 2.36. The number of hydrogen-bond acceptors (Lipinski definition) is 1. The first-order chi connectivity index (χ1) is 6.15. The summed E-state index contributed by atoms with van der Waals surface area (Å²) >= 11 is 0. The van der Waals surface area contributed by atoms with Gasteiger partial charge in [0.15, 0.2) is 0 Å². The highest BCUT2D eigenvalue weighted by molar-refractivity contribution is 5.66. The largest absolute Gasteiger partial charge is 0.392 e. The molecule has 1 aromatic carbocycles. The number of aliphatic hydroxyl groups excluding tert-OH is 1. The van der Waals surface area contributed by atoms with E-state index in [-0.39, 0.29) is 6.61 Å². The maximum absolute atomic E-state index is 8.96. The molecule has 1 rings (SSSR count). The molecule has 1 heteroatoms. The molecule has 0 aliphatic rings. The van der Waals surface area contributed by atoms with E-state index in [0.717, 1.165) is 5.57 Å². The molecule has 70 valence electrons. The zero-order valence-corrected chi connectivity index (χ0v) is 8.46. The summed E-state index contributed by atoms with van der Waals surface area (Å²) in [6, 6.07) is 8.35. The van der Waals surface area contributed by atoms with Crippen molar-refractivity contribution < 1.29 is 5.11 Å². The number of allylic oxidation sites excluding steroid dienone is 1. The molecule has 0 fully saturated rings. The van der Waals surface area contributed by atoms with E-state index in [0.29, 0.717) is 0 Å². The van der Waals surface area contributed by atoms with E-state index in [9.17, 15) is 0 Å². The van der Waals surface area contributed by atoms with Gasteiger partial charge in [-0.2, -0.15) is 0 Å². The van der Waals surface area contributed by atoms with Crippen molar-refractivity contribution in [2.45, 2.75) is 20.8 Å². The summed E-state index contributed by atoms with van der Waals surface area (Å²) in [7, 11) is 0. The molecule has 1 nitrogen and oxygen atoms in total. The molecule has 1 N–H and O–H groups in total. The zero-order valence-electron chi connectivity index (χ0n) is 8.46. The number of rotatable bonds is 2. The molecule has 0 aliphatic carbocycles. The van der Waals surface area contributed by atoms with E-state index >= 15 is 0 Å². The van der Waals surface area contributed by atoms with Gasteiger partial charge in [-0.25, -0.2) is 0 Å². The molecular formula is C12H16O. The fourth-order valence-corrected chi connectivity index (χ4v) is 1.17. The fraction of sp³-hybridized carbons (Fsp3) is 0.333. The topological polar surface area (TPSA) is 20.2 Å². The monoisotopic (exact) mass is 176 g/mol. The average molecular weight is 176 g/mol. The number of aliphatic hydroxyl groups is 1. The quantitative estimate of drug-likeness (QED) is 0.734. The van der Waals surface area contributed by atoms with E-state index in [4.69, 9.17) is 5.11 Å². The molecule has 0 amide bonds. The van der Waals surface area contributed by atoms with E-state index in [2.05, 4.69) is 31.2 Å². The van der Waals surface area contributed by atoms with Crippen molar-refractivity contribution in [2.75, 3.05) is 6.61 Å². The third-order valence-electron chi connectivity index (χ3n) is 2.36. The van der Waals surface area contributed by atoms with Crippen molar-refractivity contribution in [3.8, 4) is 0 Å². The standard InChI is InChI=1S/C12H16O/c1-9-4-6-12(7-5-9)11(3)10(2)8-13/h4-7,13H,8H2,1-3H3. The van der Waals surface area contributed by atoms with Gasteiger partial charge in [-0.05, 0) is 37.5 Å². The second-order valence-electron chi connectivity index (χ2n) is 3.43. The van der Waals surface area contributed by atoms with Gasteiger partial charge < -0.3 is 5.11 Å². The van der Waals surface area contributed by atoms with Gasteiger partial charge in [0.1, 0.15) is 0 Å². The van der Waals surface area contributed by atoms with Gasteiger partial charge in [-0.1, -0.05) is 29.8 Å². The van der Waals surface area contributed by atoms with Crippen molar-refractivity contribution in [3.63, 3.8) is 0 Å². The lowest BCUT2D eigenvalue weighted by molar-refractivity contribution is 0.332. The summed E-state index contributed by atoms with van der Waals surface area (Å²) < 4.78 is 0. The van der Waals surface area contributed by atoms with Crippen molar-refractivity contribution >= 4 is 5.57 Å². The SMILES string of the molecule is CC(CO)=C(C)c1ccc(C)cc1. The Hall–Kier alpha value is -1.08. The molecule has 0 bridgehead atoms. The summed E-state index contributed by atoms with van der Waals surface area (Å²) in [5, 5.41) is 8.96. The predicted molar refractivity (Wildman–Crippen MR) is 56.5 cm³/mol. The Bertz CT molecular complexity index is 306. The molecule has 0 heterocycles. The van der Waals surface area contributed by atoms with Gasteiger partial charge in [0.05, 0.1) is 6.61 Å². The summed E-state index contributed by atoms with van der Waals surface area (Å²) in [6.07, 6.45) is 0. The highest BCUT2D eigenvalue weighted by atomic mass is 16.3. The predicted octanol–water partition coefficient (Wildman–Crippen LogP) is 2.78. The number of hydrogen-bond donors (Lipinski definition) is 1.